The van der Waals surface area contributed by atoms with E-state index >= 15 is 0 Å². The highest BCUT2D eigenvalue weighted by Crippen LogP contribution is 2.15. The first-order valence-corrected chi connectivity index (χ1v) is 7.62. The summed E-state index contributed by atoms with van der Waals surface area (Å²) in [6, 6.07) is -0.525. The summed E-state index contributed by atoms with van der Waals surface area (Å²) in [5, 5.41) is 5.59. The Hall–Kier alpha value is -1.72. The van der Waals surface area contributed by atoms with Crippen LogP contribution in [0.5, 0.6) is 0 Å². The van der Waals surface area contributed by atoms with Crippen LogP contribution in [-0.4, -0.2) is 35.5 Å². The fourth-order valence-electron chi connectivity index (χ4n) is 2.05. The monoisotopic (exact) mass is 312 g/mol. The first kappa shape index (κ1) is 18.3. The quantitative estimate of drug-likeness (QED) is 0.768. The third kappa shape index (κ3) is 7.33. The molecule has 0 bridgehead atoms. The van der Waals surface area contributed by atoms with Crippen molar-refractivity contribution < 1.29 is 19.1 Å². The van der Waals surface area contributed by atoms with Gasteiger partial charge in [0.2, 0.25) is 0 Å². The number of alkyl carbamates (subject to hydrolysis) is 2. The largest absolute Gasteiger partial charge is 0.444 e. The number of hydrogen-bond acceptors (Lipinski definition) is 4. The van der Waals surface area contributed by atoms with Gasteiger partial charge >= 0.3 is 12.2 Å². The lowest BCUT2D eigenvalue weighted by Gasteiger charge is -2.31. The molecule has 0 unspecified atom stereocenters. The molecule has 0 aliphatic heterocycles. The lowest BCUT2D eigenvalue weighted by Crippen LogP contribution is -2.53. The number of carbonyl (C=O) groups is 2. The summed E-state index contributed by atoms with van der Waals surface area (Å²) in [5.74, 6) is 0. The summed E-state index contributed by atoms with van der Waals surface area (Å²) in [6.45, 7) is 10.8. The van der Waals surface area contributed by atoms with Gasteiger partial charge in [0, 0.05) is 0 Å². The van der Waals surface area contributed by atoms with Crippen LogP contribution >= 0.6 is 0 Å². The van der Waals surface area contributed by atoms with Crippen LogP contribution < -0.4 is 10.6 Å². The molecule has 1 rings (SSSR count). The molecule has 0 aromatic heterocycles. The molecule has 0 spiro atoms. The van der Waals surface area contributed by atoms with Gasteiger partial charge in [0.15, 0.2) is 0 Å². The average molecular weight is 312 g/mol. The lowest BCUT2D eigenvalue weighted by molar-refractivity contribution is 0.0438. The van der Waals surface area contributed by atoms with E-state index in [1.807, 2.05) is 32.9 Å². The van der Waals surface area contributed by atoms with E-state index in [9.17, 15) is 9.59 Å². The molecule has 0 saturated carbocycles. The molecule has 0 saturated heterocycles. The molecule has 6 nitrogen and oxygen atoms in total. The van der Waals surface area contributed by atoms with Gasteiger partial charge in [-0.05, 0) is 54.4 Å². The predicted molar refractivity (Wildman–Crippen MR) is 84.7 cm³/mol. The number of ether oxygens (including phenoxy) is 2. The molecular formula is C16H28N2O4. The molecule has 0 aromatic carbocycles. The average Bonchev–Trinajstić information content (AvgIpc) is 2.26. The van der Waals surface area contributed by atoms with E-state index in [1.54, 1.807) is 20.8 Å². The standard InChI is InChI=1S/C16H28N2O4/c1-15(2,3)21-13(19)17-11-9-7-8-10-12(11)18-14(20)22-16(4,5)6/h7,9,11-12H,8,10H2,1-6H3,(H,17,19)(H,18,20)/t11-,12-/m0/s1. The second kappa shape index (κ2) is 7.03. The number of allylic oxidation sites excluding steroid dienone is 1. The van der Waals surface area contributed by atoms with Gasteiger partial charge in [-0.2, -0.15) is 0 Å². The number of carbonyl (C=O) groups excluding carboxylic acids is 2. The zero-order valence-corrected chi connectivity index (χ0v) is 14.4. The maximum absolute atomic E-state index is 11.9. The maximum atomic E-state index is 11.9. The van der Waals surface area contributed by atoms with Crippen molar-refractivity contribution in [1.82, 2.24) is 10.6 Å². The number of rotatable bonds is 2. The highest BCUT2D eigenvalue weighted by Gasteiger charge is 2.28. The van der Waals surface area contributed by atoms with Gasteiger partial charge in [0.1, 0.15) is 11.2 Å². The summed E-state index contributed by atoms with van der Waals surface area (Å²) < 4.78 is 10.5. The first-order valence-electron chi connectivity index (χ1n) is 7.62. The Kier molecular flexibility index (Phi) is 5.85. The minimum Gasteiger partial charge on any atom is -0.444 e. The van der Waals surface area contributed by atoms with Gasteiger partial charge in [-0.25, -0.2) is 9.59 Å². The molecule has 6 heteroatoms. The highest BCUT2D eigenvalue weighted by molar-refractivity contribution is 5.70. The molecule has 0 radical (unpaired) electrons. The van der Waals surface area contributed by atoms with Crippen molar-refractivity contribution in [1.29, 1.82) is 0 Å². The Morgan fingerprint density at radius 1 is 0.955 bits per heavy atom. The molecule has 1 aliphatic rings. The Morgan fingerprint density at radius 3 is 1.95 bits per heavy atom. The van der Waals surface area contributed by atoms with E-state index in [0.29, 0.717) is 0 Å². The van der Waals surface area contributed by atoms with E-state index < -0.39 is 23.4 Å². The molecule has 0 aromatic rings. The van der Waals surface area contributed by atoms with Crippen molar-refractivity contribution in [2.24, 2.45) is 0 Å². The Labute approximate surface area is 132 Å². The minimum atomic E-state index is -0.559. The third-order valence-electron chi connectivity index (χ3n) is 2.81. The van der Waals surface area contributed by atoms with Crippen LogP contribution in [-0.2, 0) is 9.47 Å². The van der Waals surface area contributed by atoms with E-state index in [4.69, 9.17) is 9.47 Å². The zero-order valence-electron chi connectivity index (χ0n) is 14.4. The summed E-state index contributed by atoms with van der Waals surface area (Å²) >= 11 is 0. The fraction of sp³-hybridized carbons (Fsp3) is 0.750. The van der Waals surface area contributed by atoms with Crippen molar-refractivity contribution in [3.63, 3.8) is 0 Å². The van der Waals surface area contributed by atoms with Crippen LogP contribution in [0.3, 0.4) is 0 Å². The molecule has 2 atom stereocenters. The van der Waals surface area contributed by atoms with Crippen LogP contribution in [0.15, 0.2) is 12.2 Å². The van der Waals surface area contributed by atoms with Crippen LogP contribution in [0.25, 0.3) is 0 Å². The van der Waals surface area contributed by atoms with Crippen LogP contribution in [0.4, 0.5) is 9.59 Å². The molecular weight excluding hydrogens is 284 g/mol. The summed E-state index contributed by atoms with van der Waals surface area (Å²) in [7, 11) is 0. The predicted octanol–water partition coefficient (Wildman–Crippen LogP) is 3.12. The zero-order chi connectivity index (χ0) is 17.0. The van der Waals surface area contributed by atoms with Gasteiger partial charge in [0.05, 0.1) is 12.1 Å². The number of hydrogen-bond donors (Lipinski definition) is 2. The normalized spacial score (nSPS) is 21.9. The minimum absolute atomic E-state index is 0.215. The number of amides is 2. The van der Waals surface area contributed by atoms with Crippen molar-refractivity contribution >= 4 is 12.2 Å². The molecule has 2 N–H and O–H groups in total. The van der Waals surface area contributed by atoms with E-state index in [1.165, 1.54) is 0 Å². The molecule has 2 amide bonds. The van der Waals surface area contributed by atoms with Gasteiger partial charge in [-0.15, -0.1) is 0 Å². The second-order valence-corrected chi connectivity index (χ2v) is 7.43. The van der Waals surface area contributed by atoms with E-state index in [0.717, 1.165) is 12.8 Å². The smallest absolute Gasteiger partial charge is 0.408 e. The van der Waals surface area contributed by atoms with E-state index in [2.05, 4.69) is 10.6 Å². The van der Waals surface area contributed by atoms with Gasteiger partial charge in [-0.1, -0.05) is 12.2 Å². The van der Waals surface area contributed by atoms with E-state index in [-0.39, 0.29) is 12.1 Å². The topological polar surface area (TPSA) is 76.7 Å². The SMILES string of the molecule is CC(C)(C)OC(=O)N[C@H]1C=CCC[C@@H]1NC(=O)OC(C)(C)C. The van der Waals surface area contributed by atoms with Gasteiger partial charge in [-0.3, -0.25) is 0 Å². The third-order valence-corrected chi connectivity index (χ3v) is 2.81. The Balaban J connectivity index is 2.60. The first-order chi connectivity index (χ1) is 9.96. The lowest BCUT2D eigenvalue weighted by atomic mass is 9.97. The molecule has 126 valence electrons. The van der Waals surface area contributed by atoms with Crippen molar-refractivity contribution in [3.05, 3.63) is 12.2 Å². The summed E-state index contributed by atoms with van der Waals surface area (Å²) in [6.07, 6.45) is 4.44. The molecule has 0 fully saturated rings. The Morgan fingerprint density at radius 2 is 1.45 bits per heavy atom. The van der Waals surface area contributed by atoms with Gasteiger partial charge in [0.25, 0.3) is 0 Å². The maximum Gasteiger partial charge on any atom is 0.408 e. The molecule has 1 aliphatic carbocycles. The molecule has 22 heavy (non-hydrogen) atoms. The fourth-order valence-corrected chi connectivity index (χ4v) is 2.05. The van der Waals surface area contributed by atoms with Crippen LogP contribution in [0.2, 0.25) is 0 Å². The summed E-state index contributed by atoms with van der Waals surface area (Å²) in [4.78, 5) is 23.8. The van der Waals surface area contributed by atoms with Crippen molar-refractivity contribution in [2.75, 3.05) is 0 Å². The number of nitrogens with one attached hydrogen (secondary N) is 2. The second-order valence-electron chi connectivity index (χ2n) is 7.43. The van der Waals surface area contributed by atoms with Crippen molar-refractivity contribution in [3.8, 4) is 0 Å². The van der Waals surface area contributed by atoms with Crippen LogP contribution in [0.1, 0.15) is 54.4 Å². The van der Waals surface area contributed by atoms with Crippen molar-refractivity contribution in [2.45, 2.75) is 77.7 Å². The Bertz CT molecular complexity index is 432. The summed E-state index contributed by atoms with van der Waals surface area (Å²) in [5.41, 5.74) is -1.11. The highest BCUT2D eigenvalue weighted by atomic mass is 16.6. The van der Waals surface area contributed by atoms with Gasteiger partial charge < -0.3 is 20.1 Å². The molecule has 0 heterocycles. The van der Waals surface area contributed by atoms with Crippen LogP contribution in [0, 0.1) is 0 Å².